The normalized spacial score (nSPS) is 16.8. The Labute approximate surface area is 253 Å². The average Bonchev–Trinajstić information content (AvgIpc) is 3.21. The van der Waals surface area contributed by atoms with Gasteiger partial charge in [-0.15, -0.1) is 0 Å². The summed E-state index contributed by atoms with van der Waals surface area (Å²) in [6.07, 6.45) is 1.65. The Morgan fingerprint density at radius 2 is 1.69 bits per heavy atom. The van der Waals surface area contributed by atoms with Crippen molar-refractivity contribution in [3.63, 3.8) is 0 Å². The number of ether oxygens (including phenoxy) is 1. The molecular formula is C29H25BrIN3O4S. The third-order valence-corrected chi connectivity index (χ3v) is 8.61. The molecule has 3 amide bonds. The summed E-state index contributed by atoms with van der Waals surface area (Å²) in [4.78, 5) is 44.1. The zero-order valence-corrected chi connectivity index (χ0v) is 25.4. The Balaban J connectivity index is 1.23. The van der Waals surface area contributed by atoms with Crippen LogP contribution in [-0.4, -0.2) is 59.6 Å². The lowest BCUT2D eigenvalue weighted by molar-refractivity contribution is -0.136. The van der Waals surface area contributed by atoms with Crippen molar-refractivity contribution >= 4 is 79.1 Å². The van der Waals surface area contributed by atoms with Crippen molar-refractivity contribution in [1.29, 1.82) is 0 Å². The van der Waals surface area contributed by atoms with Crippen LogP contribution in [0.15, 0.2) is 82.2 Å². The minimum absolute atomic E-state index is 0.227. The molecule has 7 nitrogen and oxygen atoms in total. The van der Waals surface area contributed by atoms with Crippen LogP contribution in [0.4, 0.5) is 10.5 Å². The molecule has 0 radical (unpaired) electrons. The number of imide groups is 1. The van der Waals surface area contributed by atoms with Crippen molar-refractivity contribution < 1.29 is 19.1 Å². The summed E-state index contributed by atoms with van der Waals surface area (Å²) in [5, 5.41) is -0.445. The molecule has 2 saturated heterocycles. The Hall–Kier alpha value is -2.83. The van der Waals surface area contributed by atoms with Gasteiger partial charge in [-0.3, -0.25) is 19.3 Å². The predicted octanol–water partition coefficient (Wildman–Crippen LogP) is 6.02. The van der Waals surface area contributed by atoms with Gasteiger partial charge in [0.1, 0.15) is 18.9 Å². The zero-order valence-electron chi connectivity index (χ0n) is 20.9. The topological polar surface area (TPSA) is 70.2 Å². The van der Waals surface area contributed by atoms with Gasteiger partial charge >= 0.3 is 0 Å². The lowest BCUT2D eigenvalue weighted by Gasteiger charge is -2.36. The lowest BCUT2D eigenvalue weighted by Crippen LogP contribution is -2.51. The van der Waals surface area contributed by atoms with E-state index >= 15 is 0 Å². The summed E-state index contributed by atoms with van der Waals surface area (Å²) in [5.74, 6) is -0.101. The first-order valence-corrected chi connectivity index (χ1v) is 15.1. The number of rotatable bonds is 7. The van der Waals surface area contributed by atoms with Crippen molar-refractivity contribution in [2.45, 2.75) is 6.61 Å². The molecule has 0 bridgehead atoms. The number of hydrogen-bond donors (Lipinski definition) is 0. The van der Waals surface area contributed by atoms with E-state index in [1.807, 2.05) is 72.8 Å². The quantitative estimate of drug-likeness (QED) is 0.220. The number of amides is 3. The largest absolute Gasteiger partial charge is 0.488 e. The number of halogens is 2. The van der Waals surface area contributed by atoms with Crippen molar-refractivity contribution in [3.8, 4) is 5.75 Å². The van der Waals surface area contributed by atoms with Crippen LogP contribution in [0.1, 0.15) is 11.1 Å². The number of piperazine rings is 1. The number of anilines is 1. The first-order chi connectivity index (χ1) is 18.9. The Kier molecular flexibility index (Phi) is 8.93. The van der Waals surface area contributed by atoms with Crippen LogP contribution in [0.5, 0.6) is 5.75 Å². The molecule has 2 heterocycles. The SMILES string of the molecule is O=C(CN1C(=O)S/C(=C/c2cc(Br)ccc2OCc2ccc(I)cc2)C1=O)N1CCN(c2ccccc2)CC1. The van der Waals surface area contributed by atoms with Gasteiger partial charge in [-0.1, -0.05) is 46.3 Å². The molecule has 200 valence electrons. The molecule has 3 aromatic rings. The fraction of sp³-hybridized carbons (Fsp3) is 0.207. The maximum atomic E-state index is 13.2. The van der Waals surface area contributed by atoms with E-state index in [0.717, 1.165) is 36.0 Å². The second kappa shape index (κ2) is 12.6. The van der Waals surface area contributed by atoms with Crippen molar-refractivity contribution in [3.05, 3.63) is 96.9 Å². The Bertz CT molecular complexity index is 1410. The van der Waals surface area contributed by atoms with Gasteiger partial charge in [0.25, 0.3) is 11.1 Å². The molecule has 2 aliphatic heterocycles. The van der Waals surface area contributed by atoms with Crippen molar-refractivity contribution in [2.24, 2.45) is 0 Å². The third kappa shape index (κ3) is 6.85. The summed E-state index contributed by atoms with van der Waals surface area (Å²) in [7, 11) is 0. The summed E-state index contributed by atoms with van der Waals surface area (Å²) < 4.78 is 8.01. The monoisotopic (exact) mass is 717 g/mol. The summed E-state index contributed by atoms with van der Waals surface area (Å²) in [5.41, 5.74) is 2.81. The first-order valence-electron chi connectivity index (χ1n) is 12.4. The highest BCUT2D eigenvalue weighted by Crippen LogP contribution is 2.35. The fourth-order valence-electron chi connectivity index (χ4n) is 4.37. The van der Waals surface area contributed by atoms with Crippen LogP contribution < -0.4 is 9.64 Å². The molecule has 0 aromatic heterocycles. The number of para-hydroxylation sites is 1. The van der Waals surface area contributed by atoms with E-state index < -0.39 is 11.1 Å². The zero-order chi connectivity index (χ0) is 27.4. The van der Waals surface area contributed by atoms with Crippen molar-refractivity contribution in [2.75, 3.05) is 37.6 Å². The maximum Gasteiger partial charge on any atom is 0.294 e. The third-order valence-electron chi connectivity index (χ3n) is 6.49. The van der Waals surface area contributed by atoms with E-state index in [-0.39, 0.29) is 17.4 Å². The highest BCUT2D eigenvalue weighted by atomic mass is 127. The summed E-state index contributed by atoms with van der Waals surface area (Å²) in [6.45, 7) is 2.59. The van der Waals surface area contributed by atoms with Gasteiger partial charge in [0.15, 0.2) is 0 Å². The maximum absolute atomic E-state index is 13.2. The number of hydrogen-bond acceptors (Lipinski definition) is 6. The molecule has 10 heteroatoms. The van der Waals surface area contributed by atoms with E-state index in [4.69, 9.17) is 4.74 Å². The predicted molar refractivity (Wildman–Crippen MR) is 166 cm³/mol. The van der Waals surface area contributed by atoms with Crippen LogP contribution in [0, 0.1) is 3.57 Å². The van der Waals surface area contributed by atoms with Crippen LogP contribution >= 0.6 is 50.3 Å². The van der Waals surface area contributed by atoms with E-state index in [1.165, 1.54) is 0 Å². The van der Waals surface area contributed by atoms with Gasteiger partial charge in [-0.2, -0.15) is 0 Å². The molecule has 0 N–H and O–H groups in total. The molecule has 5 rings (SSSR count). The fourth-order valence-corrected chi connectivity index (χ4v) is 5.94. The standard InChI is InChI=1S/C29H25BrIN3O4S/c30-22-8-11-25(38-19-20-6-9-23(31)10-7-20)21(16-22)17-26-28(36)34(29(37)39-26)18-27(35)33-14-12-32(13-15-33)24-4-2-1-3-5-24/h1-11,16-17H,12-15,18-19H2/b26-17+. The highest BCUT2D eigenvalue weighted by molar-refractivity contribution is 14.1. The lowest BCUT2D eigenvalue weighted by atomic mass is 10.1. The minimum atomic E-state index is -0.468. The minimum Gasteiger partial charge on any atom is -0.488 e. The number of thioether (sulfide) groups is 1. The molecule has 39 heavy (non-hydrogen) atoms. The molecule has 2 fully saturated rings. The van der Waals surface area contributed by atoms with Crippen molar-refractivity contribution in [1.82, 2.24) is 9.80 Å². The Morgan fingerprint density at radius 1 is 0.974 bits per heavy atom. The number of carbonyl (C=O) groups is 3. The Morgan fingerprint density at radius 3 is 2.41 bits per heavy atom. The van der Waals surface area contributed by atoms with Crippen LogP contribution in [0.3, 0.4) is 0 Å². The molecule has 0 spiro atoms. The van der Waals surface area contributed by atoms with Gasteiger partial charge in [-0.05, 0) is 88.5 Å². The molecule has 0 unspecified atom stereocenters. The molecule has 2 aliphatic rings. The molecule has 0 aliphatic carbocycles. The molecule has 0 saturated carbocycles. The van der Waals surface area contributed by atoms with E-state index in [0.29, 0.717) is 44.1 Å². The average molecular weight is 718 g/mol. The van der Waals surface area contributed by atoms with E-state index in [1.54, 1.807) is 11.0 Å². The number of carbonyl (C=O) groups excluding carboxylic acids is 3. The molecular weight excluding hydrogens is 693 g/mol. The van der Waals surface area contributed by atoms with Gasteiger partial charge in [0.2, 0.25) is 5.91 Å². The van der Waals surface area contributed by atoms with Gasteiger partial charge in [0, 0.05) is 45.5 Å². The number of benzene rings is 3. The summed E-state index contributed by atoms with van der Waals surface area (Å²) in [6, 6.07) is 23.6. The number of nitrogens with zero attached hydrogens (tertiary/aromatic N) is 3. The van der Waals surface area contributed by atoms with E-state index in [2.05, 4.69) is 43.4 Å². The summed E-state index contributed by atoms with van der Waals surface area (Å²) >= 11 is 6.57. The smallest absolute Gasteiger partial charge is 0.294 e. The molecule has 0 atom stereocenters. The van der Waals surface area contributed by atoms with Gasteiger partial charge < -0.3 is 14.5 Å². The first kappa shape index (κ1) is 27.7. The van der Waals surface area contributed by atoms with Crippen LogP contribution in [-0.2, 0) is 16.2 Å². The van der Waals surface area contributed by atoms with E-state index in [9.17, 15) is 14.4 Å². The van der Waals surface area contributed by atoms with Gasteiger partial charge in [-0.25, -0.2) is 0 Å². The second-order valence-electron chi connectivity index (χ2n) is 9.07. The second-order valence-corrected chi connectivity index (χ2v) is 12.2. The molecule has 3 aromatic carbocycles. The van der Waals surface area contributed by atoms with Crippen LogP contribution in [0.2, 0.25) is 0 Å². The van der Waals surface area contributed by atoms with Gasteiger partial charge in [0.05, 0.1) is 4.91 Å². The highest BCUT2D eigenvalue weighted by Gasteiger charge is 2.37. The van der Waals surface area contributed by atoms with Crippen LogP contribution in [0.25, 0.3) is 6.08 Å².